The van der Waals surface area contributed by atoms with Crippen molar-refractivity contribution in [2.75, 3.05) is 18.5 Å². The van der Waals surface area contributed by atoms with Gasteiger partial charge < -0.3 is 15.7 Å². The molecule has 0 spiro atoms. The van der Waals surface area contributed by atoms with Crippen molar-refractivity contribution in [1.82, 2.24) is 5.32 Å². The van der Waals surface area contributed by atoms with E-state index in [1.54, 1.807) is 0 Å². The van der Waals surface area contributed by atoms with Gasteiger partial charge in [-0.1, -0.05) is 0 Å². The molecule has 0 atom stereocenters. The highest BCUT2D eigenvalue weighted by Gasteiger charge is 2.42. The molecule has 6 heteroatoms. The van der Waals surface area contributed by atoms with Crippen LogP contribution in [0.1, 0.15) is 35.2 Å². The summed E-state index contributed by atoms with van der Waals surface area (Å²) in [6.07, 6.45) is 2.60. The SMILES string of the molecule is O=C1CCc2cc(C(=O)NCC3(CO)CC3)c(F)cc2N1. The van der Waals surface area contributed by atoms with Crippen molar-refractivity contribution in [1.29, 1.82) is 0 Å². The van der Waals surface area contributed by atoms with Crippen LogP contribution in [0.15, 0.2) is 12.1 Å². The second kappa shape index (κ2) is 5.11. The molecule has 1 aliphatic carbocycles. The van der Waals surface area contributed by atoms with Gasteiger partial charge in [-0.3, -0.25) is 9.59 Å². The highest BCUT2D eigenvalue weighted by atomic mass is 19.1. The minimum Gasteiger partial charge on any atom is -0.396 e. The molecule has 0 bridgehead atoms. The molecule has 0 radical (unpaired) electrons. The molecule has 1 aromatic carbocycles. The Labute approximate surface area is 121 Å². The van der Waals surface area contributed by atoms with Crippen molar-refractivity contribution in [2.45, 2.75) is 25.7 Å². The van der Waals surface area contributed by atoms with E-state index in [0.717, 1.165) is 18.4 Å². The van der Waals surface area contributed by atoms with Crippen molar-refractivity contribution >= 4 is 17.5 Å². The largest absolute Gasteiger partial charge is 0.396 e. The maximum atomic E-state index is 14.0. The number of aliphatic hydroxyl groups excluding tert-OH is 1. The summed E-state index contributed by atoms with van der Waals surface area (Å²) in [7, 11) is 0. The normalized spacial score (nSPS) is 18.7. The van der Waals surface area contributed by atoms with Gasteiger partial charge in [0.25, 0.3) is 5.91 Å². The lowest BCUT2D eigenvalue weighted by Crippen LogP contribution is -2.32. The minimum absolute atomic E-state index is 0.0151. The Morgan fingerprint density at radius 2 is 2.14 bits per heavy atom. The standard InChI is InChI=1S/C15H17FN2O3/c16-11-6-12-9(1-2-13(20)18-12)5-10(11)14(21)17-7-15(8-19)3-4-15/h5-6,19H,1-4,7-8H2,(H,17,21)(H,18,20). The Kier molecular flexibility index (Phi) is 3.41. The topological polar surface area (TPSA) is 78.4 Å². The monoisotopic (exact) mass is 292 g/mol. The maximum absolute atomic E-state index is 14.0. The van der Waals surface area contributed by atoms with Crippen LogP contribution >= 0.6 is 0 Å². The van der Waals surface area contributed by atoms with Gasteiger partial charge in [-0.15, -0.1) is 0 Å². The van der Waals surface area contributed by atoms with E-state index in [4.69, 9.17) is 0 Å². The van der Waals surface area contributed by atoms with Gasteiger partial charge in [-0.2, -0.15) is 0 Å². The number of anilines is 1. The summed E-state index contributed by atoms with van der Waals surface area (Å²) in [4.78, 5) is 23.4. The molecule has 21 heavy (non-hydrogen) atoms. The summed E-state index contributed by atoms with van der Waals surface area (Å²) in [5.41, 5.74) is 0.978. The Balaban J connectivity index is 1.75. The van der Waals surface area contributed by atoms with E-state index in [0.29, 0.717) is 25.1 Å². The van der Waals surface area contributed by atoms with Crippen LogP contribution < -0.4 is 10.6 Å². The average molecular weight is 292 g/mol. The first kappa shape index (κ1) is 14.0. The van der Waals surface area contributed by atoms with Crippen LogP contribution in [0.3, 0.4) is 0 Å². The lowest BCUT2D eigenvalue weighted by Gasteiger charge is -2.18. The fourth-order valence-electron chi connectivity index (χ4n) is 2.51. The third-order valence-corrected chi connectivity index (χ3v) is 4.25. The van der Waals surface area contributed by atoms with Gasteiger partial charge in [-0.05, 0) is 37.0 Å². The predicted molar refractivity (Wildman–Crippen MR) is 74.4 cm³/mol. The third-order valence-electron chi connectivity index (χ3n) is 4.25. The van der Waals surface area contributed by atoms with E-state index in [-0.39, 0.29) is 23.5 Å². The first-order chi connectivity index (χ1) is 10.0. The van der Waals surface area contributed by atoms with Crippen molar-refractivity contribution in [3.8, 4) is 0 Å². The van der Waals surface area contributed by atoms with Gasteiger partial charge in [0.15, 0.2) is 0 Å². The quantitative estimate of drug-likeness (QED) is 0.780. The summed E-state index contributed by atoms with van der Waals surface area (Å²) < 4.78 is 14.0. The van der Waals surface area contributed by atoms with Crippen molar-refractivity contribution in [2.24, 2.45) is 5.41 Å². The number of amides is 2. The fourth-order valence-corrected chi connectivity index (χ4v) is 2.51. The number of hydrogen-bond donors (Lipinski definition) is 3. The van der Waals surface area contributed by atoms with Crippen LogP contribution in [0, 0.1) is 11.2 Å². The lowest BCUT2D eigenvalue weighted by atomic mass is 9.99. The van der Waals surface area contributed by atoms with Gasteiger partial charge >= 0.3 is 0 Å². The molecule has 2 aliphatic rings. The molecule has 112 valence electrons. The number of fused-ring (bicyclic) bond motifs is 1. The molecule has 5 nitrogen and oxygen atoms in total. The zero-order valence-corrected chi connectivity index (χ0v) is 11.5. The molecule has 0 saturated heterocycles. The number of nitrogens with one attached hydrogen (secondary N) is 2. The number of hydrogen-bond acceptors (Lipinski definition) is 3. The Morgan fingerprint density at radius 1 is 1.38 bits per heavy atom. The first-order valence-electron chi connectivity index (χ1n) is 7.04. The number of carbonyl (C=O) groups is 2. The van der Waals surface area contributed by atoms with Crippen LogP contribution in [0.2, 0.25) is 0 Å². The Bertz CT molecular complexity index is 611. The minimum atomic E-state index is -0.651. The second-order valence-corrected chi connectivity index (χ2v) is 5.88. The molecular weight excluding hydrogens is 275 g/mol. The van der Waals surface area contributed by atoms with E-state index >= 15 is 0 Å². The number of aliphatic hydroxyl groups is 1. The van der Waals surface area contributed by atoms with E-state index in [1.165, 1.54) is 12.1 Å². The number of carbonyl (C=O) groups excluding carboxylic acids is 2. The average Bonchev–Trinajstić information content (AvgIpc) is 3.24. The van der Waals surface area contributed by atoms with Crippen molar-refractivity contribution in [3.05, 3.63) is 29.1 Å². The number of aryl methyl sites for hydroxylation is 1. The van der Waals surface area contributed by atoms with E-state index in [1.807, 2.05) is 0 Å². The second-order valence-electron chi connectivity index (χ2n) is 5.88. The lowest BCUT2D eigenvalue weighted by molar-refractivity contribution is -0.116. The van der Waals surface area contributed by atoms with Crippen LogP contribution in [0.4, 0.5) is 10.1 Å². The molecule has 1 aromatic rings. The maximum Gasteiger partial charge on any atom is 0.254 e. The van der Waals surface area contributed by atoms with Gasteiger partial charge in [-0.25, -0.2) is 4.39 Å². The molecule has 3 N–H and O–H groups in total. The van der Waals surface area contributed by atoms with Crippen LogP contribution in [0.5, 0.6) is 0 Å². The van der Waals surface area contributed by atoms with Gasteiger partial charge in [0.2, 0.25) is 5.91 Å². The van der Waals surface area contributed by atoms with E-state index < -0.39 is 11.7 Å². The van der Waals surface area contributed by atoms with Gasteiger partial charge in [0, 0.05) is 24.1 Å². The first-order valence-corrected chi connectivity index (χ1v) is 7.04. The molecule has 1 saturated carbocycles. The van der Waals surface area contributed by atoms with Gasteiger partial charge in [0.1, 0.15) is 5.82 Å². The fraction of sp³-hybridized carbons (Fsp3) is 0.467. The molecule has 2 amide bonds. The van der Waals surface area contributed by atoms with E-state index in [2.05, 4.69) is 10.6 Å². The summed E-state index contributed by atoms with van der Waals surface area (Å²) in [6.45, 7) is 0.390. The van der Waals surface area contributed by atoms with Crippen molar-refractivity contribution < 1.29 is 19.1 Å². The number of benzene rings is 1. The van der Waals surface area contributed by atoms with E-state index in [9.17, 15) is 19.1 Å². The zero-order valence-electron chi connectivity index (χ0n) is 11.5. The molecule has 3 rings (SSSR count). The smallest absolute Gasteiger partial charge is 0.254 e. The summed E-state index contributed by atoms with van der Waals surface area (Å²) in [6, 6.07) is 2.69. The van der Waals surface area contributed by atoms with Crippen LogP contribution in [-0.2, 0) is 11.2 Å². The highest BCUT2D eigenvalue weighted by molar-refractivity contribution is 5.98. The summed E-state index contributed by atoms with van der Waals surface area (Å²) >= 11 is 0. The van der Waals surface area contributed by atoms with Crippen molar-refractivity contribution in [3.63, 3.8) is 0 Å². The number of halogens is 1. The predicted octanol–water partition coefficient (Wildman–Crippen LogP) is 1.21. The molecule has 1 aliphatic heterocycles. The highest BCUT2D eigenvalue weighted by Crippen LogP contribution is 2.44. The molecule has 1 fully saturated rings. The Morgan fingerprint density at radius 3 is 2.81 bits per heavy atom. The molecule has 1 heterocycles. The zero-order chi connectivity index (χ0) is 15.0. The summed E-state index contributed by atoms with van der Waals surface area (Å²) in [5, 5.41) is 14.5. The van der Waals surface area contributed by atoms with Crippen LogP contribution in [0.25, 0.3) is 0 Å². The summed E-state index contributed by atoms with van der Waals surface area (Å²) in [5.74, 6) is -1.27. The third kappa shape index (κ3) is 2.76. The van der Waals surface area contributed by atoms with Gasteiger partial charge in [0.05, 0.1) is 12.2 Å². The Hall–Kier alpha value is -1.95. The molecule has 0 aromatic heterocycles. The number of rotatable bonds is 4. The molecular formula is C15H17FN2O3. The van der Waals surface area contributed by atoms with Crippen LogP contribution in [-0.4, -0.2) is 30.1 Å². The molecule has 0 unspecified atom stereocenters.